The minimum Gasteiger partial charge on any atom is -0.454 e. The lowest BCUT2D eigenvalue weighted by atomic mass is 9.85. The number of alkyl halides is 3. The van der Waals surface area contributed by atoms with Crippen LogP contribution in [0.4, 0.5) is 13.2 Å². The fraction of sp³-hybridized carbons (Fsp3) is 0.280. The van der Waals surface area contributed by atoms with Gasteiger partial charge >= 0.3 is 6.11 Å². The molecule has 0 atom stereocenters. The molecular weight excluding hydrogens is 532 g/mol. The number of hydrogen-bond donors (Lipinski definition) is 0. The molecule has 0 fully saturated rings. The van der Waals surface area contributed by atoms with Gasteiger partial charge in [0, 0.05) is 5.41 Å². The molecule has 0 aromatic heterocycles. The lowest BCUT2D eigenvalue weighted by molar-refractivity contribution is -0.151. The summed E-state index contributed by atoms with van der Waals surface area (Å²) in [6.07, 6.45) is -3.20. The highest BCUT2D eigenvalue weighted by molar-refractivity contribution is 14.1. The molecule has 0 heterocycles. The molecule has 0 N–H and O–H groups in total. The number of hydrogen-bond acceptors (Lipinski definition) is 3. The lowest BCUT2D eigenvalue weighted by Crippen LogP contribution is -2.26. The Kier molecular flexibility index (Phi) is 8.05. The summed E-state index contributed by atoms with van der Waals surface area (Å²) in [6.45, 7) is 4.65. The molecule has 0 aliphatic rings. The molecule has 0 bridgehead atoms. The zero-order valence-electron chi connectivity index (χ0n) is 17.8. The molecule has 3 nitrogen and oxygen atoms in total. The van der Waals surface area contributed by atoms with E-state index in [0.717, 1.165) is 11.1 Å². The van der Waals surface area contributed by atoms with Gasteiger partial charge in [-0.05, 0) is 47.5 Å². The minimum atomic E-state index is -3.20. The van der Waals surface area contributed by atoms with Crippen molar-refractivity contribution in [1.82, 2.24) is 0 Å². The van der Waals surface area contributed by atoms with Crippen LogP contribution in [-0.4, -0.2) is 17.1 Å². The molecule has 0 aliphatic heterocycles. The zero-order valence-corrected chi connectivity index (χ0v) is 19.9. The predicted octanol–water partition coefficient (Wildman–Crippen LogP) is 7.52. The lowest BCUT2D eigenvalue weighted by Gasteiger charge is -2.25. The van der Waals surface area contributed by atoms with Crippen molar-refractivity contribution >= 4 is 22.6 Å². The Morgan fingerprint density at radius 2 is 1.56 bits per heavy atom. The third kappa shape index (κ3) is 6.87. The Hall–Kier alpha value is -2.26. The topological polar surface area (TPSA) is 27.7 Å². The third-order valence-electron chi connectivity index (χ3n) is 4.76. The van der Waals surface area contributed by atoms with E-state index < -0.39 is 16.4 Å². The van der Waals surface area contributed by atoms with Crippen LogP contribution >= 0.6 is 22.6 Å². The first-order valence-corrected chi connectivity index (χ1v) is 11.5. The molecule has 0 spiro atoms. The largest absolute Gasteiger partial charge is 0.454 e. The van der Waals surface area contributed by atoms with Crippen molar-refractivity contribution in [3.8, 4) is 17.2 Å². The first-order valence-electron chi connectivity index (χ1n) is 10.0. The SMILES string of the molecule is CC(C)(COCc1ccc(F)c(Oc2ccccc2)c1)c1ccc(OC(F)(F)CI)cc1. The zero-order chi connectivity index (χ0) is 23.2. The molecule has 3 aromatic rings. The molecular formula is C25H24F3IO3. The van der Waals surface area contributed by atoms with Crippen molar-refractivity contribution < 1.29 is 27.4 Å². The maximum Gasteiger partial charge on any atom is 0.407 e. The van der Waals surface area contributed by atoms with Crippen molar-refractivity contribution in [1.29, 1.82) is 0 Å². The van der Waals surface area contributed by atoms with Gasteiger partial charge in [-0.15, -0.1) is 0 Å². The smallest absolute Gasteiger partial charge is 0.407 e. The predicted molar refractivity (Wildman–Crippen MR) is 127 cm³/mol. The van der Waals surface area contributed by atoms with Crippen LogP contribution < -0.4 is 9.47 Å². The van der Waals surface area contributed by atoms with Gasteiger partial charge in [0.15, 0.2) is 11.6 Å². The normalized spacial score (nSPS) is 11.9. The number of benzene rings is 3. The first kappa shape index (κ1) is 24.4. The average molecular weight is 556 g/mol. The second-order valence-electron chi connectivity index (χ2n) is 7.95. The molecule has 7 heteroatoms. The van der Waals surface area contributed by atoms with Gasteiger partial charge in [-0.1, -0.05) is 72.8 Å². The van der Waals surface area contributed by atoms with Crippen LogP contribution in [0.5, 0.6) is 17.2 Å². The molecule has 0 unspecified atom stereocenters. The Labute approximate surface area is 199 Å². The van der Waals surface area contributed by atoms with E-state index in [4.69, 9.17) is 14.2 Å². The van der Waals surface area contributed by atoms with E-state index >= 15 is 0 Å². The summed E-state index contributed by atoms with van der Waals surface area (Å²) in [5, 5.41) is 0. The van der Waals surface area contributed by atoms with Crippen molar-refractivity contribution in [2.24, 2.45) is 0 Å². The van der Waals surface area contributed by atoms with Crippen LogP contribution in [0.25, 0.3) is 0 Å². The number of ether oxygens (including phenoxy) is 3. The quantitative estimate of drug-likeness (QED) is 0.191. The summed E-state index contributed by atoms with van der Waals surface area (Å²) >= 11 is 1.59. The van der Waals surface area contributed by atoms with Crippen LogP contribution in [0, 0.1) is 5.82 Å². The second kappa shape index (κ2) is 10.6. The Morgan fingerprint density at radius 3 is 2.22 bits per heavy atom. The highest BCUT2D eigenvalue weighted by Crippen LogP contribution is 2.29. The van der Waals surface area contributed by atoms with E-state index in [1.165, 1.54) is 18.2 Å². The Bertz CT molecular complexity index is 1010. The van der Waals surface area contributed by atoms with Gasteiger partial charge in [-0.2, -0.15) is 8.78 Å². The highest BCUT2D eigenvalue weighted by atomic mass is 127. The van der Waals surface area contributed by atoms with Gasteiger partial charge in [0.05, 0.1) is 13.2 Å². The molecule has 3 aromatic carbocycles. The summed E-state index contributed by atoms with van der Waals surface area (Å²) in [5.41, 5.74) is 1.33. The second-order valence-corrected chi connectivity index (χ2v) is 8.72. The molecule has 0 saturated heterocycles. The molecule has 0 saturated carbocycles. The number of para-hydroxylation sites is 1. The molecule has 0 aliphatic carbocycles. The Morgan fingerprint density at radius 1 is 0.875 bits per heavy atom. The maximum atomic E-state index is 14.1. The fourth-order valence-electron chi connectivity index (χ4n) is 3.01. The van der Waals surface area contributed by atoms with E-state index in [9.17, 15) is 13.2 Å². The molecule has 0 radical (unpaired) electrons. The summed E-state index contributed by atoms with van der Waals surface area (Å²) in [7, 11) is 0. The van der Waals surface area contributed by atoms with E-state index in [0.29, 0.717) is 12.4 Å². The minimum absolute atomic E-state index is 0.115. The summed E-state index contributed by atoms with van der Waals surface area (Å²) in [6, 6.07) is 20.2. The van der Waals surface area contributed by atoms with Crippen molar-refractivity contribution in [2.75, 3.05) is 11.0 Å². The third-order valence-corrected chi connectivity index (χ3v) is 5.64. The molecule has 0 amide bonds. The van der Waals surface area contributed by atoms with Gasteiger partial charge in [0.2, 0.25) is 0 Å². The van der Waals surface area contributed by atoms with Crippen molar-refractivity contribution in [3.05, 3.63) is 89.7 Å². The van der Waals surface area contributed by atoms with Crippen LogP contribution in [-0.2, 0) is 16.8 Å². The van der Waals surface area contributed by atoms with E-state index in [-0.39, 0.29) is 23.5 Å². The van der Waals surface area contributed by atoms with Crippen molar-refractivity contribution in [3.63, 3.8) is 0 Å². The van der Waals surface area contributed by atoms with Crippen LogP contribution in [0.1, 0.15) is 25.0 Å². The first-order chi connectivity index (χ1) is 15.2. The molecule has 3 rings (SSSR count). The fourth-order valence-corrected chi connectivity index (χ4v) is 3.17. The summed E-state index contributed by atoms with van der Waals surface area (Å²) in [4.78, 5) is 0. The van der Waals surface area contributed by atoms with Crippen LogP contribution in [0.2, 0.25) is 0 Å². The summed E-state index contributed by atoms with van der Waals surface area (Å²) in [5.74, 6) is 0.350. The van der Waals surface area contributed by atoms with Crippen LogP contribution in [0.15, 0.2) is 72.8 Å². The van der Waals surface area contributed by atoms with Crippen LogP contribution in [0.3, 0.4) is 0 Å². The van der Waals surface area contributed by atoms with Gasteiger partial charge in [0.25, 0.3) is 0 Å². The van der Waals surface area contributed by atoms with Gasteiger partial charge in [-0.25, -0.2) is 4.39 Å². The molecule has 170 valence electrons. The standard InChI is InChI=1S/C25H24F3IO3/c1-24(2,19-9-11-21(12-10-19)32-25(27,28)16-29)17-30-15-18-8-13-22(26)23(14-18)31-20-6-4-3-5-7-20/h3-14H,15-17H2,1-2H3. The molecule has 32 heavy (non-hydrogen) atoms. The van der Waals surface area contributed by atoms with Gasteiger partial charge < -0.3 is 14.2 Å². The highest BCUT2D eigenvalue weighted by Gasteiger charge is 2.30. The van der Waals surface area contributed by atoms with Crippen molar-refractivity contribution in [2.45, 2.75) is 32.0 Å². The average Bonchev–Trinajstić information content (AvgIpc) is 2.77. The van der Waals surface area contributed by atoms with E-state index in [2.05, 4.69) is 0 Å². The van der Waals surface area contributed by atoms with Gasteiger partial charge in [0.1, 0.15) is 15.9 Å². The Balaban J connectivity index is 1.59. The van der Waals surface area contributed by atoms with E-state index in [1.807, 2.05) is 32.0 Å². The summed E-state index contributed by atoms with van der Waals surface area (Å²) < 4.78 is 56.7. The number of rotatable bonds is 10. The monoisotopic (exact) mass is 556 g/mol. The maximum absolute atomic E-state index is 14.1. The number of halogens is 4. The van der Waals surface area contributed by atoms with E-state index in [1.54, 1.807) is 59.0 Å². The van der Waals surface area contributed by atoms with Gasteiger partial charge in [-0.3, -0.25) is 0 Å².